The fraction of sp³-hybridized carbons (Fsp3) is 0.333. The fourth-order valence-electron chi connectivity index (χ4n) is 1.15. The topological polar surface area (TPSA) is 58.6 Å². The van der Waals surface area contributed by atoms with Crippen LogP contribution in [0.25, 0.3) is 0 Å². The molecular weight excluding hydrogens is 220 g/mol. The average Bonchev–Trinajstić information content (AvgIpc) is 2.36. The molecule has 1 aromatic carbocycles. The van der Waals surface area contributed by atoms with Crippen molar-refractivity contribution in [2.75, 3.05) is 20.6 Å². The largest absolute Gasteiger partial charge is 0.414 e. The van der Waals surface area contributed by atoms with E-state index in [0.29, 0.717) is 12.3 Å². The Labute approximate surface area is 100 Å². The quantitative estimate of drug-likeness (QED) is 0.856. The molecule has 0 spiro atoms. The van der Waals surface area contributed by atoms with Gasteiger partial charge in [0.1, 0.15) is 5.75 Å². The predicted octanol–water partition coefficient (Wildman–Crippen LogP) is 1.25. The SMILES string of the molecule is CNC(=O)CCN(C)C(=O)Oc1ccccc1. The van der Waals surface area contributed by atoms with E-state index >= 15 is 0 Å². The van der Waals surface area contributed by atoms with Gasteiger partial charge in [-0.15, -0.1) is 0 Å². The second-order valence-electron chi connectivity index (χ2n) is 3.53. The normalized spacial score (nSPS) is 9.53. The van der Waals surface area contributed by atoms with Gasteiger partial charge in [0.05, 0.1) is 0 Å². The van der Waals surface area contributed by atoms with Crippen LogP contribution in [-0.2, 0) is 4.79 Å². The van der Waals surface area contributed by atoms with Crippen molar-refractivity contribution >= 4 is 12.0 Å². The van der Waals surface area contributed by atoms with E-state index in [4.69, 9.17) is 4.74 Å². The van der Waals surface area contributed by atoms with E-state index in [0.717, 1.165) is 0 Å². The van der Waals surface area contributed by atoms with E-state index < -0.39 is 6.09 Å². The number of carbonyl (C=O) groups is 2. The summed E-state index contributed by atoms with van der Waals surface area (Å²) in [6.07, 6.45) is -0.211. The predicted molar refractivity (Wildman–Crippen MR) is 63.8 cm³/mol. The van der Waals surface area contributed by atoms with Gasteiger partial charge in [-0.1, -0.05) is 18.2 Å². The number of ether oxygens (including phenoxy) is 1. The van der Waals surface area contributed by atoms with Gasteiger partial charge in [0.15, 0.2) is 0 Å². The van der Waals surface area contributed by atoms with Crippen LogP contribution in [0.2, 0.25) is 0 Å². The Morgan fingerprint density at radius 3 is 2.53 bits per heavy atom. The van der Waals surface area contributed by atoms with E-state index in [9.17, 15) is 9.59 Å². The van der Waals surface area contributed by atoms with Gasteiger partial charge >= 0.3 is 6.09 Å². The number of hydrogen-bond donors (Lipinski definition) is 1. The zero-order valence-electron chi connectivity index (χ0n) is 9.97. The molecule has 0 bridgehead atoms. The lowest BCUT2D eigenvalue weighted by atomic mass is 10.3. The van der Waals surface area contributed by atoms with Crippen LogP contribution in [0.1, 0.15) is 6.42 Å². The zero-order valence-corrected chi connectivity index (χ0v) is 9.97. The molecule has 1 N–H and O–H groups in total. The van der Waals surface area contributed by atoms with Crippen LogP contribution >= 0.6 is 0 Å². The summed E-state index contributed by atoms with van der Waals surface area (Å²) in [5.74, 6) is 0.383. The summed E-state index contributed by atoms with van der Waals surface area (Å²) in [5, 5.41) is 2.49. The van der Waals surface area contributed by atoms with Gasteiger partial charge in [-0.05, 0) is 12.1 Å². The highest BCUT2D eigenvalue weighted by Crippen LogP contribution is 2.09. The molecule has 2 amide bonds. The Bertz CT molecular complexity index is 379. The smallest absolute Gasteiger partial charge is 0.410 e. The molecule has 0 aromatic heterocycles. The lowest BCUT2D eigenvalue weighted by molar-refractivity contribution is -0.120. The van der Waals surface area contributed by atoms with Gasteiger partial charge in [-0.2, -0.15) is 0 Å². The first-order valence-electron chi connectivity index (χ1n) is 5.32. The van der Waals surface area contributed by atoms with Crippen LogP contribution in [0, 0.1) is 0 Å². The number of carbonyl (C=O) groups excluding carboxylic acids is 2. The van der Waals surface area contributed by atoms with E-state index in [-0.39, 0.29) is 12.3 Å². The molecule has 17 heavy (non-hydrogen) atoms. The third kappa shape index (κ3) is 4.55. The fourth-order valence-corrected chi connectivity index (χ4v) is 1.15. The first-order chi connectivity index (χ1) is 8.13. The molecule has 92 valence electrons. The van der Waals surface area contributed by atoms with Crippen molar-refractivity contribution in [3.63, 3.8) is 0 Å². The van der Waals surface area contributed by atoms with Gasteiger partial charge in [0, 0.05) is 27.1 Å². The van der Waals surface area contributed by atoms with Crippen molar-refractivity contribution in [1.82, 2.24) is 10.2 Å². The van der Waals surface area contributed by atoms with E-state index in [1.54, 1.807) is 38.4 Å². The van der Waals surface area contributed by atoms with Crippen molar-refractivity contribution in [2.45, 2.75) is 6.42 Å². The van der Waals surface area contributed by atoms with Crippen LogP contribution in [0.15, 0.2) is 30.3 Å². The number of rotatable bonds is 4. The summed E-state index contributed by atoms with van der Waals surface area (Å²) in [6.45, 7) is 0.325. The van der Waals surface area contributed by atoms with Gasteiger partial charge in [0.25, 0.3) is 0 Å². The maximum atomic E-state index is 11.6. The lowest BCUT2D eigenvalue weighted by Gasteiger charge is -2.16. The highest BCUT2D eigenvalue weighted by molar-refractivity contribution is 5.77. The minimum absolute atomic E-state index is 0.107. The molecule has 0 saturated carbocycles. The van der Waals surface area contributed by atoms with Crippen molar-refractivity contribution < 1.29 is 14.3 Å². The monoisotopic (exact) mass is 236 g/mol. The molecular formula is C12H16N2O3. The molecule has 0 radical (unpaired) electrons. The third-order valence-electron chi connectivity index (χ3n) is 2.21. The zero-order chi connectivity index (χ0) is 12.7. The van der Waals surface area contributed by atoms with Crippen molar-refractivity contribution in [3.05, 3.63) is 30.3 Å². The van der Waals surface area contributed by atoms with Crippen molar-refractivity contribution in [1.29, 1.82) is 0 Å². The number of amides is 2. The lowest BCUT2D eigenvalue weighted by Crippen LogP contribution is -2.33. The minimum atomic E-state index is -0.472. The molecule has 0 saturated heterocycles. The summed E-state index contributed by atoms with van der Waals surface area (Å²) in [4.78, 5) is 24.0. The molecule has 0 aliphatic heterocycles. The van der Waals surface area contributed by atoms with Gasteiger partial charge in [0.2, 0.25) is 5.91 Å². The number of nitrogens with one attached hydrogen (secondary N) is 1. The molecule has 1 aromatic rings. The summed E-state index contributed by atoms with van der Waals surface area (Å²) in [7, 11) is 3.15. The number of nitrogens with zero attached hydrogens (tertiary/aromatic N) is 1. The van der Waals surface area contributed by atoms with Crippen LogP contribution in [-0.4, -0.2) is 37.5 Å². The Hall–Kier alpha value is -2.04. The van der Waals surface area contributed by atoms with E-state index in [2.05, 4.69) is 5.32 Å². The first-order valence-corrected chi connectivity index (χ1v) is 5.32. The summed E-state index contributed by atoms with van der Waals surface area (Å²) in [6, 6.07) is 8.81. The molecule has 0 fully saturated rings. The van der Waals surface area contributed by atoms with Gasteiger partial charge < -0.3 is 15.0 Å². The van der Waals surface area contributed by atoms with E-state index in [1.807, 2.05) is 6.07 Å². The summed E-state index contributed by atoms with van der Waals surface area (Å²) < 4.78 is 5.10. The highest BCUT2D eigenvalue weighted by atomic mass is 16.6. The molecule has 0 unspecified atom stereocenters. The van der Waals surface area contributed by atoms with Crippen LogP contribution in [0.4, 0.5) is 4.79 Å². The third-order valence-corrected chi connectivity index (χ3v) is 2.21. The molecule has 0 aliphatic carbocycles. The molecule has 0 atom stereocenters. The Morgan fingerprint density at radius 1 is 1.29 bits per heavy atom. The number of para-hydroxylation sites is 1. The summed E-state index contributed by atoms with van der Waals surface area (Å²) >= 11 is 0. The molecule has 0 heterocycles. The highest BCUT2D eigenvalue weighted by Gasteiger charge is 2.11. The number of benzene rings is 1. The number of hydrogen-bond acceptors (Lipinski definition) is 3. The van der Waals surface area contributed by atoms with Crippen LogP contribution in [0.5, 0.6) is 5.75 Å². The molecule has 0 aliphatic rings. The second kappa shape index (κ2) is 6.52. The van der Waals surface area contributed by atoms with Crippen molar-refractivity contribution in [3.8, 4) is 5.75 Å². The maximum Gasteiger partial charge on any atom is 0.414 e. The minimum Gasteiger partial charge on any atom is -0.410 e. The molecule has 1 rings (SSSR count). The second-order valence-corrected chi connectivity index (χ2v) is 3.53. The molecule has 5 heteroatoms. The summed E-state index contributed by atoms with van der Waals surface area (Å²) in [5.41, 5.74) is 0. The first kappa shape index (κ1) is 13.0. The van der Waals surface area contributed by atoms with Crippen molar-refractivity contribution in [2.24, 2.45) is 0 Å². The molecule has 5 nitrogen and oxygen atoms in total. The van der Waals surface area contributed by atoms with Gasteiger partial charge in [-0.25, -0.2) is 4.79 Å². The van der Waals surface area contributed by atoms with Crippen LogP contribution < -0.4 is 10.1 Å². The maximum absolute atomic E-state index is 11.6. The Kier molecular flexibility index (Phi) is 5.00. The van der Waals surface area contributed by atoms with E-state index in [1.165, 1.54) is 4.90 Å². The Morgan fingerprint density at radius 2 is 1.94 bits per heavy atom. The Balaban J connectivity index is 2.40. The van der Waals surface area contributed by atoms with Gasteiger partial charge in [-0.3, -0.25) is 4.79 Å². The standard InChI is InChI=1S/C12H16N2O3/c1-13-11(15)8-9-14(2)12(16)17-10-6-4-3-5-7-10/h3-7H,8-9H2,1-2H3,(H,13,15). The average molecular weight is 236 g/mol. The van der Waals surface area contributed by atoms with Crippen LogP contribution in [0.3, 0.4) is 0 Å².